The predicted octanol–water partition coefficient (Wildman–Crippen LogP) is 2.44. The number of para-hydroxylation sites is 1. The van der Waals surface area contributed by atoms with Crippen LogP contribution in [0.2, 0.25) is 0 Å². The molecule has 1 heterocycles. The van der Waals surface area contributed by atoms with Crippen LogP contribution in [0.4, 0.5) is 0 Å². The molecule has 1 atom stereocenters. The van der Waals surface area contributed by atoms with Gasteiger partial charge < -0.3 is 4.74 Å². The van der Waals surface area contributed by atoms with Crippen LogP contribution in [0.15, 0.2) is 48.8 Å². The number of hydrogen-bond acceptors (Lipinski definition) is 4. The number of carbonyl (C=O) groups excluding carboxylic acids is 2. The van der Waals surface area contributed by atoms with E-state index in [0.717, 1.165) is 12.0 Å². The van der Waals surface area contributed by atoms with Gasteiger partial charge in [-0.1, -0.05) is 32.0 Å². The zero-order valence-corrected chi connectivity index (χ0v) is 13.8. The number of pyridine rings is 1. The lowest BCUT2D eigenvalue weighted by Gasteiger charge is -2.15. The quantitative estimate of drug-likeness (QED) is 0.799. The Balaban J connectivity index is 1.85. The van der Waals surface area contributed by atoms with E-state index in [2.05, 4.69) is 29.7 Å². The maximum absolute atomic E-state index is 11.8. The summed E-state index contributed by atoms with van der Waals surface area (Å²) in [6.07, 6.45) is 3.99. The minimum Gasteiger partial charge on any atom is -0.483 e. The Morgan fingerprint density at radius 2 is 1.83 bits per heavy atom. The third-order valence-electron chi connectivity index (χ3n) is 3.68. The fraction of sp³-hybridized carbons (Fsp3) is 0.278. The number of hydrazine groups is 1. The number of hydrogen-bond donors (Lipinski definition) is 2. The topological polar surface area (TPSA) is 80.3 Å². The Hall–Kier alpha value is -2.89. The highest BCUT2D eigenvalue weighted by Crippen LogP contribution is 2.28. The molecule has 126 valence electrons. The number of nitrogens with zero attached hydrogens (tertiary/aromatic N) is 1. The average Bonchev–Trinajstić information content (AvgIpc) is 2.64. The third kappa shape index (κ3) is 4.81. The van der Waals surface area contributed by atoms with Gasteiger partial charge in [-0.25, -0.2) is 0 Å². The average molecular weight is 327 g/mol. The highest BCUT2D eigenvalue weighted by molar-refractivity contribution is 5.95. The van der Waals surface area contributed by atoms with Crippen molar-refractivity contribution in [1.82, 2.24) is 15.8 Å². The van der Waals surface area contributed by atoms with Crippen molar-refractivity contribution in [2.75, 3.05) is 6.61 Å². The fourth-order valence-electron chi connectivity index (χ4n) is 2.12. The number of rotatable bonds is 6. The lowest BCUT2D eigenvalue weighted by Crippen LogP contribution is -2.43. The van der Waals surface area contributed by atoms with Gasteiger partial charge in [0.1, 0.15) is 5.75 Å². The van der Waals surface area contributed by atoms with Crippen LogP contribution in [0.3, 0.4) is 0 Å². The molecule has 2 aromatic rings. The Bertz CT molecular complexity index is 689. The molecule has 0 spiro atoms. The summed E-state index contributed by atoms with van der Waals surface area (Å²) in [5.41, 5.74) is 6.14. The molecule has 1 aromatic carbocycles. The molecular weight excluding hydrogens is 306 g/mol. The van der Waals surface area contributed by atoms with E-state index < -0.39 is 11.8 Å². The van der Waals surface area contributed by atoms with Gasteiger partial charge in [-0.2, -0.15) is 0 Å². The van der Waals surface area contributed by atoms with E-state index in [1.54, 1.807) is 12.1 Å². The normalized spacial score (nSPS) is 11.4. The van der Waals surface area contributed by atoms with Crippen LogP contribution in [0, 0.1) is 0 Å². The summed E-state index contributed by atoms with van der Waals surface area (Å²) in [6, 6.07) is 10.8. The van der Waals surface area contributed by atoms with Crippen molar-refractivity contribution in [2.24, 2.45) is 0 Å². The van der Waals surface area contributed by atoms with Crippen LogP contribution in [-0.2, 0) is 4.79 Å². The lowest BCUT2D eigenvalue weighted by molar-refractivity contribution is -0.123. The molecule has 0 saturated carbocycles. The van der Waals surface area contributed by atoms with Crippen LogP contribution in [0.25, 0.3) is 0 Å². The van der Waals surface area contributed by atoms with E-state index in [1.807, 2.05) is 24.3 Å². The van der Waals surface area contributed by atoms with Crippen LogP contribution in [-0.4, -0.2) is 23.4 Å². The molecular formula is C18H21N3O3. The van der Waals surface area contributed by atoms with E-state index in [4.69, 9.17) is 4.74 Å². The molecule has 0 aliphatic carbocycles. The molecule has 0 saturated heterocycles. The Labute approximate surface area is 141 Å². The van der Waals surface area contributed by atoms with Gasteiger partial charge in [0.25, 0.3) is 11.8 Å². The molecule has 2 N–H and O–H groups in total. The van der Waals surface area contributed by atoms with Crippen LogP contribution < -0.4 is 15.6 Å². The first-order valence-electron chi connectivity index (χ1n) is 7.82. The second-order valence-electron chi connectivity index (χ2n) is 5.37. The van der Waals surface area contributed by atoms with Gasteiger partial charge in [-0.15, -0.1) is 0 Å². The first kappa shape index (κ1) is 17.5. The third-order valence-corrected chi connectivity index (χ3v) is 3.68. The zero-order chi connectivity index (χ0) is 17.4. The first-order valence-corrected chi connectivity index (χ1v) is 7.82. The van der Waals surface area contributed by atoms with Crippen LogP contribution >= 0.6 is 0 Å². The number of aromatic nitrogens is 1. The van der Waals surface area contributed by atoms with E-state index in [1.165, 1.54) is 12.4 Å². The van der Waals surface area contributed by atoms with Gasteiger partial charge in [0.05, 0.1) is 0 Å². The molecule has 0 aliphatic rings. The summed E-state index contributed by atoms with van der Waals surface area (Å²) in [5, 5.41) is 0. The van der Waals surface area contributed by atoms with Crippen molar-refractivity contribution < 1.29 is 14.3 Å². The summed E-state index contributed by atoms with van der Waals surface area (Å²) < 4.78 is 5.59. The minimum absolute atomic E-state index is 0.177. The fourth-order valence-corrected chi connectivity index (χ4v) is 2.12. The molecule has 2 amide bonds. The molecule has 0 fully saturated rings. The maximum Gasteiger partial charge on any atom is 0.276 e. The Kier molecular flexibility index (Phi) is 6.31. The smallest absolute Gasteiger partial charge is 0.276 e. The Morgan fingerprint density at radius 3 is 2.54 bits per heavy atom. The standard InChI is InChI=1S/C18H21N3O3/c1-3-13(2)15-6-4-5-7-16(15)24-12-17(22)20-21-18(23)14-8-10-19-11-9-14/h4-11,13H,3,12H2,1-2H3,(H,20,22)(H,21,23). The second kappa shape index (κ2) is 8.67. The van der Waals surface area contributed by atoms with Crippen molar-refractivity contribution in [3.8, 4) is 5.75 Å². The highest BCUT2D eigenvalue weighted by atomic mass is 16.5. The number of nitrogens with one attached hydrogen (secondary N) is 2. The minimum atomic E-state index is -0.434. The van der Waals surface area contributed by atoms with Crippen LogP contribution in [0.1, 0.15) is 42.1 Å². The zero-order valence-electron chi connectivity index (χ0n) is 13.8. The van der Waals surface area contributed by atoms with E-state index in [-0.39, 0.29) is 6.61 Å². The number of amides is 2. The molecule has 0 radical (unpaired) electrons. The molecule has 0 aliphatic heterocycles. The Morgan fingerprint density at radius 1 is 1.12 bits per heavy atom. The largest absolute Gasteiger partial charge is 0.483 e. The SMILES string of the molecule is CCC(C)c1ccccc1OCC(=O)NNC(=O)c1ccncc1. The predicted molar refractivity (Wildman–Crippen MR) is 90.5 cm³/mol. The van der Waals surface area contributed by atoms with Crippen molar-refractivity contribution in [1.29, 1.82) is 0 Å². The van der Waals surface area contributed by atoms with E-state index in [0.29, 0.717) is 17.2 Å². The lowest BCUT2D eigenvalue weighted by atomic mass is 9.98. The van der Waals surface area contributed by atoms with Crippen molar-refractivity contribution in [3.05, 3.63) is 59.9 Å². The second-order valence-corrected chi connectivity index (χ2v) is 5.37. The maximum atomic E-state index is 11.8. The van der Waals surface area contributed by atoms with E-state index >= 15 is 0 Å². The van der Waals surface area contributed by atoms with Gasteiger partial charge in [0.15, 0.2) is 6.61 Å². The number of ether oxygens (including phenoxy) is 1. The molecule has 24 heavy (non-hydrogen) atoms. The van der Waals surface area contributed by atoms with Gasteiger partial charge in [-0.3, -0.25) is 25.4 Å². The first-order chi connectivity index (χ1) is 11.6. The van der Waals surface area contributed by atoms with Crippen molar-refractivity contribution >= 4 is 11.8 Å². The highest BCUT2D eigenvalue weighted by Gasteiger charge is 2.12. The van der Waals surface area contributed by atoms with Crippen molar-refractivity contribution in [3.63, 3.8) is 0 Å². The van der Waals surface area contributed by atoms with Crippen LogP contribution in [0.5, 0.6) is 5.75 Å². The monoisotopic (exact) mass is 327 g/mol. The van der Waals surface area contributed by atoms with Gasteiger partial charge in [-0.05, 0) is 36.1 Å². The summed E-state index contributed by atoms with van der Waals surface area (Å²) in [4.78, 5) is 27.5. The van der Waals surface area contributed by atoms with E-state index in [9.17, 15) is 9.59 Å². The van der Waals surface area contributed by atoms with Gasteiger partial charge in [0.2, 0.25) is 0 Å². The molecule has 1 unspecified atom stereocenters. The summed E-state index contributed by atoms with van der Waals surface area (Å²) in [6.45, 7) is 4.03. The summed E-state index contributed by atoms with van der Waals surface area (Å²) in [5.74, 6) is 0.181. The molecule has 1 aromatic heterocycles. The molecule has 6 nitrogen and oxygen atoms in total. The number of carbonyl (C=O) groups is 2. The van der Waals surface area contributed by atoms with Gasteiger partial charge in [0, 0.05) is 18.0 Å². The summed E-state index contributed by atoms with van der Waals surface area (Å²) >= 11 is 0. The van der Waals surface area contributed by atoms with Crippen molar-refractivity contribution in [2.45, 2.75) is 26.2 Å². The summed E-state index contributed by atoms with van der Waals surface area (Å²) in [7, 11) is 0. The van der Waals surface area contributed by atoms with Gasteiger partial charge >= 0.3 is 0 Å². The molecule has 6 heteroatoms. The molecule has 2 rings (SSSR count). The molecule has 0 bridgehead atoms. The number of benzene rings is 1.